The molecule has 0 aliphatic carbocycles. The highest BCUT2D eigenvalue weighted by Gasteiger charge is 2.16. The van der Waals surface area contributed by atoms with Crippen molar-refractivity contribution in [3.8, 4) is 0 Å². The van der Waals surface area contributed by atoms with Crippen LogP contribution >= 0.6 is 0 Å². The van der Waals surface area contributed by atoms with Crippen LogP contribution < -0.4 is 11.1 Å². The molecule has 1 aliphatic rings. The fraction of sp³-hybridized carbons (Fsp3) is 0.909. The molecule has 0 aromatic rings. The second-order valence-electron chi connectivity index (χ2n) is 4.20. The molecule has 1 aliphatic heterocycles. The van der Waals surface area contributed by atoms with E-state index in [4.69, 9.17) is 15.2 Å². The molecule has 0 aromatic heterocycles. The first-order chi connectivity index (χ1) is 7.74. The normalized spacial score (nSPS) is 22.0. The summed E-state index contributed by atoms with van der Waals surface area (Å²) in [4.78, 5) is 11.5. The molecule has 5 nitrogen and oxygen atoms in total. The predicted octanol–water partition coefficient (Wildman–Crippen LogP) is -0.107. The molecule has 2 unspecified atom stereocenters. The maximum Gasteiger partial charge on any atom is 0.237 e. The summed E-state index contributed by atoms with van der Waals surface area (Å²) in [5.41, 5.74) is 5.68. The van der Waals surface area contributed by atoms with Crippen LogP contribution in [0.1, 0.15) is 19.3 Å². The molecule has 1 amide bonds. The molecule has 1 heterocycles. The average Bonchev–Trinajstić information content (AvgIpc) is 2.78. The SMILES string of the molecule is COCCC(N)C(=O)NCCC1CCOC1. The number of hydrogen-bond acceptors (Lipinski definition) is 4. The average molecular weight is 230 g/mol. The van der Waals surface area contributed by atoms with Gasteiger partial charge in [0, 0.05) is 33.5 Å². The van der Waals surface area contributed by atoms with Crippen molar-refractivity contribution in [2.75, 3.05) is 33.5 Å². The fourth-order valence-electron chi connectivity index (χ4n) is 1.72. The Morgan fingerprint density at radius 2 is 2.50 bits per heavy atom. The second-order valence-corrected chi connectivity index (χ2v) is 4.20. The number of nitrogens with two attached hydrogens (primary N) is 1. The van der Waals surface area contributed by atoms with Crippen LogP contribution in [0.4, 0.5) is 0 Å². The Bertz CT molecular complexity index is 205. The van der Waals surface area contributed by atoms with Crippen LogP contribution in [0.2, 0.25) is 0 Å². The van der Waals surface area contributed by atoms with Gasteiger partial charge in [0.2, 0.25) is 5.91 Å². The minimum absolute atomic E-state index is 0.0871. The van der Waals surface area contributed by atoms with Crippen molar-refractivity contribution in [2.24, 2.45) is 11.7 Å². The van der Waals surface area contributed by atoms with Gasteiger partial charge in [0.15, 0.2) is 0 Å². The fourth-order valence-corrected chi connectivity index (χ4v) is 1.72. The molecule has 0 aromatic carbocycles. The Morgan fingerprint density at radius 3 is 3.12 bits per heavy atom. The van der Waals surface area contributed by atoms with Crippen molar-refractivity contribution >= 4 is 5.91 Å². The van der Waals surface area contributed by atoms with E-state index in [-0.39, 0.29) is 5.91 Å². The Hall–Kier alpha value is -0.650. The van der Waals surface area contributed by atoms with Crippen molar-refractivity contribution in [3.05, 3.63) is 0 Å². The Kier molecular flexibility index (Phi) is 6.37. The molecule has 1 saturated heterocycles. The van der Waals surface area contributed by atoms with Crippen LogP contribution in [0.5, 0.6) is 0 Å². The molecule has 2 atom stereocenters. The summed E-state index contributed by atoms with van der Waals surface area (Å²) in [6.07, 6.45) is 2.64. The second kappa shape index (κ2) is 7.60. The quantitative estimate of drug-likeness (QED) is 0.640. The molecule has 16 heavy (non-hydrogen) atoms. The molecule has 0 spiro atoms. The zero-order chi connectivity index (χ0) is 11.8. The van der Waals surface area contributed by atoms with E-state index in [0.717, 1.165) is 26.1 Å². The smallest absolute Gasteiger partial charge is 0.237 e. The molecule has 1 fully saturated rings. The van der Waals surface area contributed by atoms with E-state index in [1.165, 1.54) is 0 Å². The number of nitrogens with one attached hydrogen (secondary N) is 1. The summed E-state index contributed by atoms with van der Waals surface area (Å²) in [7, 11) is 1.60. The Labute approximate surface area is 96.7 Å². The third kappa shape index (κ3) is 4.92. The van der Waals surface area contributed by atoms with Crippen LogP contribution in [-0.4, -0.2) is 45.4 Å². The molecule has 0 saturated carbocycles. The first-order valence-electron chi connectivity index (χ1n) is 5.84. The zero-order valence-electron chi connectivity index (χ0n) is 9.91. The maximum absolute atomic E-state index is 11.5. The first-order valence-corrected chi connectivity index (χ1v) is 5.84. The topological polar surface area (TPSA) is 73.6 Å². The van der Waals surface area contributed by atoms with Crippen molar-refractivity contribution in [3.63, 3.8) is 0 Å². The number of carbonyl (C=O) groups is 1. The summed E-state index contributed by atoms with van der Waals surface area (Å²) in [5, 5.41) is 2.84. The van der Waals surface area contributed by atoms with Crippen LogP contribution in [0.15, 0.2) is 0 Å². The number of hydrogen-bond donors (Lipinski definition) is 2. The number of carbonyl (C=O) groups excluding carboxylic acids is 1. The van der Waals surface area contributed by atoms with Gasteiger partial charge in [0.1, 0.15) is 0 Å². The minimum Gasteiger partial charge on any atom is -0.385 e. The monoisotopic (exact) mass is 230 g/mol. The third-order valence-corrected chi connectivity index (χ3v) is 2.85. The summed E-state index contributed by atoms with van der Waals surface area (Å²) in [6, 6.07) is -0.459. The number of methoxy groups -OCH3 is 1. The zero-order valence-corrected chi connectivity index (χ0v) is 9.91. The number of ether oxygens (including phenoxy) is 2. The van der Waals surface area contributed by atoms with Gasteiger partial charge in [0.05, 0.1) is 6.04 Å². The minimum atomic E-state index is -0.459. The lowest BCUT2D eigenvalue weighted by atomic mass is 10.1. The van der Waals surface area contributed by atoms with E-state index < -0.39 is 6.04 Å². The van der Waals surface area contributed by atoms with Gasteiger partial charge in [-0.3, -0.25) is 4.79 Å². The van der Waals surface area contributed by atoms with Gasteiger partial charge in [0.25, 0.3) is 0 Å². The molecule has 0 radical (unpaired) electrons. The van der Waals surface area contributed by atoms with E-state index in [9.17, 15) is 4.79 Å². The van der Waals surface area contributed by atoms with Crippen molar-refractivity contribution in [1.29, 1.82) is 0 Å². The summed E-state index contributed by atoms with van der Waals surface area (Å²) < 4.78 is 10.1. The van der Waals surface area contributed by atoms with Crippen LogP contribution in [0.25, 0.3) is 0 Å². The van der Waals surface area contributed by atoms with Gasteiger partial charge in [-0.2, -0.15) is 0 Å². The molecule has 94 valence electrons. The Balaban J connectivity index is 2.04. The maximum atomic E-state index is 11.5. The number of rotatable bonds is 7. The van der Waals surface area contributed by atoms with E-state index in [1.54, 1.807) is 7.11 Å². The predicted molar refractivity (Wildman–Crippen MR) is 61.0 cm³/mol. The van der Waals surface area contributed by atoms with Gasteiger partial charge >= 0.3 is 0 Å². The molecule has 5 heteroatoms. The molecular formula is C11H22N2O3. The largest absolute Gasteiger partial charge is 0.385 e. The van der Waals surface area contributed by atoms with E-state index in [0.29, 0.717) is 25.5 Å². The van der Waals surface area contributed by atoms with Crippen molar-refractivity contribution in [2.45, 2.75) is 25.3 Å². The Morgan fingerprint density at radius 1 is 1.69 bits per heavy atom. The highest BCUT2D eigenvalue weighted by atomic mass is 16.5. The van der Waals surface area contributed by atoms with Gasteiger partial charge in [-0.25, -0.2) is 0 Å². The van der Waals surface area contributed by atoms with Crippen molar-refractivity contribution < 1.29 is 14.3 Å². The van der Waals surface area contributed by atoms with Gasteiger partial charge in [-0.1, -0.05) is 0 Å². The van der Waals surface area contributed by atoms with Crippen LogP contribution in [0.3, 0.4) is 0 Å². The summed E-state index contributed by atoms with van der Waals surface area (Å²) in [5.74, 6) is 0.506. The lowest BCUT2D eigenvalue weighted by Crippen LogP contribution is -2.41. The van der Waals surface area contributed by atoms with Crippen LogP contribution in [-0.2, 0) is 14.3 Å². The third-order valence-electron chi connectivity index (χ3n) is 2.85. The lowest BCUT2D eigenvalue weighted by Gasteiger charge is -2.13. The van der Waals surface area contributed by atoms with E-state index >= 15 is 0 Å². The van der Waals surface area contributed by atoms with E-state index in [1.807, 2.05) is 0 Å². The van der Waals surface area contributed by atoms with E-state index in [2.05, 4.69) is 5.32 Å². The number of amides is 1. The molecular weight excluding hydrogens is 208 g/mol. The standard InChI is InChI=1S/C11H22N2O3/c1-15-6-4-10(12)11(14)13-5-2-9-3-7-16-8-9/h9-10H,2-8,12H2,1H3,(H,13,14). The highest BCUT2D eigenvalue weighted by molar-refractivity contribution is 5.81. The van der Waals surface area contributed by atoms with Gasteiger partial charge in [-0.15, -0.1) is 0 Å². The summed E-state index contributed by atoms with van der Waals surface area (Å²) in [6.45, 7) is 2.89. The van der Waals surface area contributed by atoms with Gasteiger partial charge < -0.3 is 20.5 Å². The van der Waals surface area contributed by atoms with Crippen LogP contribution in [0, 0.1) is 5.92 Å². The molecule has 1 rings (SSSR count). The highest BCUT2D eigenvalue weighted by Crippen LogP contribution is 2.15. The lowest BCUT2D eigenvalue weighted by molar-refractivity contribution is -0.122. The first kappa shape index (κ1) is 13.4. The van der Waals surface area contributed by atoms with Crippen molar-refractivity contribution in [1.82, 2.24) is 5.32 Å². The molecule has 0 bridgehead atoms. The molecule has 3 N–H and O–H groups in total. The van der Waals surface area contributed by atoms with Gasteiger partial charge in [-0.05, 0) is 25.2 Å². The summed E-state index contributed by atoms with van der Waals surface area (Å²) >= 11 is 0.